The van der Waals surface area contributed by atoms with Crippen LogP contribution in [0, 0.1) is 17.3 Å². The summed E-state index contributed by atoms with van der Waals surface area (Å²) >= 11 is 0. The highest BCUT2D eigenvalue weighted by molar-refractivity contribution is 5.90. The topological polar surface area (TPSA) is 96.9 Å². The Labute approximate surface area is 216 Å². The van der Waals surface area contributed by atoms with Crippen molar-refractivity contribution in [2.75, 3.05) is 6.61 Å². The normalized spacial score (nSPS) is 20.0. The molecule has 0 radical (unpaired) electrons. The number of rotatable bonds is 13. The molecule has 2 fully saturated rings. The van der Waals surface area contributed by atoms with Gasteiger partial charge in [-0.05, 0) is 67.1 Å². The first-order valence-corrected chi connectivity index (χ1v) is 13.6. The van der Waals surface area contributed by atoms with E-state index in [0.29, 0.717) is 25.0 Å². The molecule has 0 aliphatic heterocycles. The van der Waals surface area contributed by atoms with Gasteiger partial charge < -0.3 is 9.84 Å². The van der Waals surface area contributed by atoms with E-state index in [1.165, 1.54) is 25.3 Å². The molecule has 1 aromatic rings. The number of carboxylic acids is 1. The van der Waals surface area contributed by atoms with Gasteiger partial charge in [0.1, 0.15) is 6.04 Å². The first-order valence-electron chi connectivity index (χ1n) is 13.6. The van der Waals surface area contributed by atoms with E-state index in [4.69, 9.17) is 9.57 Å². The van der Waals surface area contributed by atoms with Crippen molar-refractivity contribution in [3.8, 4) is 0 Å². The number of aliphatic carboxylic acids is 1. The third-order valence-electron chi connectivity index (χ3n) is 7.68. The van der Waals surface area contributed by atoms with Crippen LogP contribution < -0.4 is 10.8 Å². The molecule has 2 atom stereocenters. The number of hydrogen-bond acceptors (Lipinski definition) is 5. The summed E-state index contributed by atoms with van der Waals surface area (Å²) in [7, 11) is 0. The highest BCUT2D eigenvalue weighted by atomic mass is 16.8. The zero-order valence-electron chi connectivity index (χ0n) is 22.1. The van der Waals surface area contributed by atoms with Gasteiger partial charge in [-0.2, -0.15) is 0 Å². The van der Waals surface area contributed by atoms with Crippen LogP contribution in [-0.2, 0) is 25.7 Å². The smallest absolute Gasteiger partial charge is 0.321 e. The van der Waals surface area contributed by atoms with Crippen molar-refractivity contribution < 1.29 is 24.3 Å². The number of benzene rings is 1. The van der Waals surface area contributed by atoms with Crippen molar-refractivity contribution >= 4 is 18.0 Å². The second-order valence-corrected chi connectivity index (χ2v) is 10.9. The van der Waals surface area contributed by atoms with Gasteiger partial charge in [0.2, 0.25) is 0 Å². The van der Waals surface area contributed by atoms with Crippen LogP contribution in [0.3, 0.4) is 0 Å². The first-order chi connectivity index (χ1) is 17.3. The molecule has 0 aromatic heterocycles. The van der Waals surface area contributed by atoms with Crippen LogP contribution in [0.4, 0.5) is 0 Å². The summed E-state index contributed by atoms with van der Waals surface area (Å²) in [6.07, 6.45) is 12.9. The number of nitrogens with one attached hydrogen (secondary N) is 2. The van der Waals surface area contributed by atoms with E-state index in [1.807, 2.05) is 38.1 Å². The Balaban J connectivity index is 1.53. The fourth-order valence-corrected chi connectivity index (χ4v) is 5.86. The van der Waals surface area contributed by atoms with Crippen LogP contribution in [0.5, 0.6) is 0 Å². The molecule has 36 heavy (non-hydrogen) atoms. The van der Waals surface area contributed by atoms with Crippen LogP contribution in [0.2, 0.25) is 0 Å². The van der Waals surface area contributed by atoms with Crippen LogP contribution in [0.15, 0.2) is 30.3 Å². The van der Waals surface area contributed by atoms with Gasteiger partial charge in [-0.1, -0.05) is 70.2 Å². The van der Waals surface area contributed by atoms with E-state index in [2.05, 4.69) is 10.8 Å². The first kappa shape index (κ1) is 28.4. The largest absolute Gasteiger partial charge is 0.480 e. The fourth-order valence-electron chi connectivity index (χ4n) is 5.86. The maximum Gasteiger partial charge on any atom is 0.321 e. The second-order valence-electron chi connectivity index (χ2n) is 10.9. The maximum atomic E-state index is 12.4. The lowest BCUT2D eigenvalue weighted by atomic mass is 9.61. The Kier molecular flexibility index (Phi) is 11.0. The minimum atomic E-state index is -0.722. The van der Waals surface area contributed by atoms with Crippen molar-refractivity contribution in [2.24, 2.45) is 17.3 Å². The number of carboxylic acid groups (broad SMARTS) is 1. The summed E-state index contributed by atoms with van der Waals surface area (Å²) in [6, 6.07) is 7.30. The molecule has 2 saturated carbocycles. The zero-order valence-corrected chi connectivity index (χ0v) is 22.1. The van der Waals surface area contributed by atoms with Gasteiger partial charge >= 0.3 is 5.97 Å². The van der Waals surface area contributed by atoms with Crippen molar-refractivity contribution in [2.45, 2.75) is 97.4 Å². The van der Waals surface area contributed by atoms with E-state index in [1.54, 1.807) is 13.0 Å². The molecule has 7 heteroatoms. The van der Waals surface area contributed by atoms with Gasteiger partial charge in [-0.25, -0.2) is 10.3 Å². The van der Waals surface area contributed by atoms with E-state index < -0.39 is 18.3 Å². The number of hydrogen-bond donors (Lipinski definition) is 3. The Bertz CT molecular complexity index is 855. The number of carbonyl (C=O) groups excluding carboxylic acids is 1. The molecule has 0 saturated heterocycles. The molecule has 200 valence electrons. The minimum absolute atomic E-state index is 0.129. The molecule has 7 nitrogen and oxygen atoms in total. The second kappa shape index (κ2) is 13.9. The number of carbonyl (C=O) groups is 2. The molecule has 0 spiro atoms. The van der Waals surface area contributed by atoms with E-state index in [-0.39, 0.29) is 11.3 Å². The SMILES string of the molecule is CC(C)COC(C)ONC(=O)C=Cc1ccc(CN[C@H](C(=O)O)C2(C3CCCC3)CCCCC2)cc1. The van der Waals surface area contributed by atoms with Crippen LogP contribution in [-0.4, -0.2) is 35.9 Å². The number of ether oxygens (including phenoxy) is 1. The van der Waals surface area contributed by atoms with Gasteiger partial charge in [0.15, 0.2) is 6.29 Å². The summed E-state index contributed by atoms with van der Waals surface area (Å²) in [5, 5.41) is 13.6. The highest BCUT2D eigenvalue weighted by Crippen LogP contribution is 2.51. The fraction of sp³-hybridized carbons (Fsp3) is 0.655. The third-order valence-corrected chi connectivity index (χ3v) is 7.68. The van der Waals surface area contributed by atoms with Gasteiger partial charge in [-0.15, -0.1) is 0 Å². The lowest BCUT2D eigenvalue weighted by Gasteiger charge is -2.46. The lowest BCUT2D eigenvalue weighted by molar-refractivity contribution is -0.180. The number of hydroxylamine groups is 1. The molecule has 3 rings (SSSR count). The molecule has 3 N–H and O–H groups in total. The summed E-state index contributed by atoms with van der Waals surface area (Å²) in [4.78, 5) is 29.6. The molecule has 2 aliphatic rings. The van der Waals surface area contributed by atoms with Gasteiger partial charge in [0.25, 0.3) is 5.91 Å². The lowest BCUT2D eigenvalue weighted by Crippen LogP contribution is -2.54. The van der Waals surface area contributed by atoms with Crippen molar-refractivity contribution in [1.82, 2.24) is 10.8 Å². The quantitative estimate of drug-likeness (QED) is 0.189. The molecular weight excluding hydrogens is 456 g/mol. The molecule has 1 amide bonds. The van der Waals surface area contributed by atoms with Crippen LogP contribution in [0.25, 0.3) is 6.08 Å². The summed E-state index contributed by atoms with van der Waals surface area (Å²) in [6.45, 7) is 6.89. The third kappa shape index (κ3) is 8.15. The molecule has 2 aliphatic carbocycles. The monoisotopic (exact) mass is 500 g/mol. The average Bonchev–Trinajstić information content (AvgIpc) is 3.42. The van der Waals surface area contributed by atoms with Crippen molar-refractivity contribution in [1.29, 1.82) is 0 Å². The number of amides is 1. The molecular formula is C29H44N2O5. The minimum Gasteiger partial charge on any atom is -0.480 e. The highest BCUT2D eigenvalue weighted by Gasteiger charge is 2.49. The summed E-state index contributed by atoms with van der Waals surface area (Å²) in [5.41, 5.74) is 4.15. The molecule has 0 heterocycles. The van der Waals surface area contributed by atoms with Gasteiger partial charge in [-0.3, -0.25) is 14.9 Å². The summed E-state index contributed by atoms with van der Waals surface area (Å²) < 4.78 is 5.45. The average molecular weight is 501 g/mol. The molecule has 1 unspecified atom stereocenters. The van der Waals surface area contributed by atoms with Crippen molar-refractivity contribution in [3.05, 3.63) is 41.5 Å². The van der Waals surface area contributed by atoms with Crippen LogP contribution in [0.1, 0.15) is 89.7 Å². The van der Waals surface area contributed by atoms with E-state index in [0.717, 1.165) is 49.7 Å². The van der Waals surface area contributed by atoms with Crippen LogP contribution >= 0.6 is 0 Å². The van der Waals surface area contributed by atoms with E-state index in [9.17, 15) is 14.7 Å². The Hall–Kier alpha value is -2.22. The Morgan fingerprint density at radius 2 is 1.72 bits per heavy atom. The predicted octanol–water partition coefficient (Wildman–Crippen LogP) is 5.45. The maximum absolute atomic E-state index is 12.4. The van der Waals surface area contributed by atoms with Crippen molar-refractivity contribution in [3.63, 3.8) is 0 Å². The van der Waals surface area contributed by atoms with Gasteiger partial charge in [0.05, 0.1) is 6.61 Å². The summed E-state index contributed by atoms with van der Waals surface area (Å²) in [5.74, 6) is -0.186. The van der Waals surface area contributed by atoms with E-state index >= 15 is 0 Å². The Morgan fingerprint density at radius 1 is 1.06 bits per heavy atom. The standard InChI is InChI=1S/C29H44N2O5/c1-21(2)20-35-22(3)36-31-26(32)16-15-23-11-13-24(14-12-23)19-30-27(28(33)34)29(17-7-4-8-18-29)25-9-5-6-10-25/h11-16,21-22,25,27,30H,4-10,17-20H2,1-3H3,(H,31,32)(H,33,34)/t22?,27-/m1/s1. The molecule has 0 bridgehead atoms. The molecule has 1 aromatic carbocycles. The zero-order chi connectivity index (χ0) is 26.0. The van der Waals surface area contributed by atoms with Gasteiger partial charge in [0, 0.05) is 12.6 Å². The predicted molar refractivity (Wildman–Crippen MR) is 141 cm³/mol. The Morgan fingerprint density at radius 3 is 2.33 bits per heavy atom.